The topological polar surface area (TPSA) is 7.12 Å². The Morgan fingerprint density at radius 1 is 0.926 bits per heavy atom. The number of hydrogen-bond acceptors (Lipinski definition) is 1. The first-order valence-electron chi connectivity index (χ1n) is 9.03. The minimum absolute atomic E-state index is 0.782. The first-order valence-corrected chi connectivity index (χ1v) is 9.82. The monoisotopic (exact) mass is 417 g/mol. The highest BCUT2D eigenvalue weighted by Crippen LogP contribution is 2.37. The molecule has 1 aromatic heterocycles. The molecule has 27 heavy (non-hydrogen) atoms. The SMILES string of the molecule is C=CC[n+]1c2ccccc2c(-c2ccc(N(C)C)c(Br)c2)c2ccccc21. The number of para-hydroxylation sites is 2. The van der Waals surface area contributed by atoms with E-state index in [-0.39, 0.29) is 0 Å². The summed E-state index contributed by atoms with van der Waals surface area (Å²) in [7, 11) is 4.12. The van der Waals surface area contributed by atoms with Crippen molar-refractivity contribution in [1.29, 1.82) is 0 Å². The van der Waals surface area contributed by atoms with E-state index < -0.39 is 0 Å². The van der Waals surface area contributed by atoms with Crippen molar-refractivity contribution in [1.82, 2.24) is 0 Å². The molecule has 1 heterocycles. The number of benzene rings is 3. The largest absolute Gasteiger partial charge is 0.377 e. The molecule has 3 heteroatoms. The van der Waals surface area contributed by atoms with E-state index in [2.05, 4.69) is 113 Å². The maximum Gasteiger partial charge on any atom is 0.213 e. The minimum atomic E-state index is 0.782. The lowest BCUT2D eigenvalue weighted by Crippen LogP contribution is -2.34. The highest BCUT2D eigenvalue weighted by atomic mass is 79.9. The summed E-state index contributed by atoms with van der Waals surface area (Å²) in [4.78, 5) is 2.12. The Kier molecular flexibility index (Phi) is 4.71. The maximum atomic E-state index is 3.96. The number of hydrogen-bond donors (Lipinski definition) is 0. The second-order valence-corrected chi connectivity index (χ2v) is 7.72. The van der Waals surface area contributed by atoms with Gasteiger partial charge in [0.2, 0.25) is 11.0 Å². The third-order valence-electron chi connectivity index (χ3n) is 4.96. The van der Waals surface area contributed by atoms with Gasteiger partial charge >= 0.3 is 0 Å². The zero-order valence-electron chi connectivity index (χ0n) is 15.6. The van der Waals surface area contributed by atoms with E-state index in [1.54, 1.807) is 0 Å². The lowest BCUT2D eigenvalue weighted by atomic mass is 9.95. The molecule has 0 spiro atoms. The molecule has 0 amide bonds. The van der Waals surface area contributed by atoms with E-state index in [1.807, 2.05) is 6.08 Å². The van der Waals surface area contributed by atoms with Gasteiger partial charge in [-0.05, 0) is 51.8 Å². The molecule has 0 bridgehead atoms. The highest BCUT2D eigenvalue weighted by Gasteiger charge is 2.20. The summed E-state index contributed by atoms with van der Waals surface area (Å²) in [5.74, 6) is 0. The molecular formula is C24H22BrN2+. The molecule has 0 radical (unpaired) electrons. The number of allylic oxidation sites excluding steroid dienone is 1. The van der Waals surface area contributed by atoms with Crippen molar-refractivity contribution in [2.24, 2.45) is 0 Å². The van der Waals surface area contributed by atoms with Crippen LogP contribution in [0, 0.1) is 0 Å². The molecule has 4 aromatic rings. The smallest absolute Gasteiger partial charge is 0.213 e. The van der Waals surface area contributed by atoms with Crippen LogP contribution in [0.1, 0.15) is 0 Å². The van der Waals surface area contributed by atoms with E-state index in [9.17, 15) is 0 Å². The zero-order valence-corrected chi connectivity index (χ0v) is 17.2. The Morgan fingerprint density at radius 2 is 1.52 bits per heavy atom. The van der Waals surface area contributed by atoms with Gasteiger partial charge < -0.3 is 4.90 Å². The lowest BCUT2D eigenvalue weighted by Gasteiger charge is -2.17. The van der Waals surface area contributed by atoms with Crippen molar-refractivity contribution >= 4 is 43.4 Å². The van der Waals surface area contributed by atoms with Crippen molar-refractivity contribution < 1.29 is 4.57 Å². The van der Waals surface area contributed by atoms with Gasteiger partial charge in [-0.15, -0.1) is 0 Å². The molecule has 0 unspecified atom stereocenters. The van der Waals surface area contributed by atoms with E-state index in [1.165, 1.54) is 38.6 Å². The molecule has 0 saturated heterocycles. The number of fused-ring (bicyclic) bond motifs is 2. The van der Waals surface area contributed by atoms with Gasteiger partial charge in [-0.25, -0.2) is 0 Å². The molecule has 2 nitrogen and oxygen atoms in total. The molecule has 0 N–H and O–H groups in total. The van der Waals surface area contributed by atoms with Crippen LogP contribution in [-0.4, -0.2) is 14.1 Å². The van der Waals surface area contributed by atoms with E-state index >= 15 is 0 Å². The third-order valence-corrected chi connectivity index (χ3v) is 5.59. The van der Waals surface area contributed by atoms with Crippen LogP contribution in [0.4, 0.5) is 5.69 Å². The fourth-order valence-corrected chi connectivity index (χ4v) is 4.51. The van der Waals surface area contributed by atoms with Crippen molar-refractivity contribution in [3.63, 3.8) is 0 Å². The second-order valence-electron chi connectivity index (χ2n) is 6.87. The molecule has 0 atom stereocenters. The summed E-state index contributed by atoms with van der Waals surface area (Å²) in [5.41, 5.74) is 6.10. The zero-order chi connectivity index (χ0) is 19.0. The average molecular weight is 418 g/mol. The van der Waals surface area contributed by atoms with Crippen LogP contribution < -0.4 is 9.47 Å². The molecule has 0 aliphatic heterocycles. The van der Waals surface area contributed by atoms with E-state index in [4.69, 9.17) is 0 Å². The Morgan fingerprint density at radius 3 is 2.04 bits per heavy atom. The molecule has 3 aromatic carbocycles. The van der Waals surface area contributed by atoms with Gasteiger partial charge in [0.25, 0.3) is 0 Å². The first-order chi connectivity index (χ1) is 13.1. The van der Waals surface area contributed by atoms with Gasteiger partial charge in [0.15, 0.2) is 6.54 Å². The number of nitrogens with zero attached hydrogens (tertiary/aromatic N) is 2. The van der Waals surface area contributed by atoms with Crippen LogP contribution in [0.3, 0.4) is 0 Å². The Bertz CT molecular complexity index is 1100. The summed E-state index contributed by atoms with van der Waals surface area (Å²) < 4.78 is 3.44. The van der Waals surface area contributed by atoms with Crippen LogP contribution in [0.25, 0.3) is 32.9 Å². The van der Waals surface area contributed by atoms with E-state index in [0.717, 1.165) is 11.0 Å². The second kappa shape index (κ2) is 7.16. The van der Waals surface area contributed by atoms with Crippen LogP contribution in [-0.2, 0) is 6.54 Å². The van der Waals surface area contributed by atoms with Crippen molar-refractivity contribution in [2.75, 3.05) is 19.0 Å². The van der Waals surface area contributed by atoms with Gasteiger partial charge in [0, 0.05) is 36.3 Å². The van der Waals surface area contributed by atoms with Crippen LogP contribution in [0.15, 0.2) is 83.9 Å². The predicted octanol–water partition coefficient (Wildman–Crippen LogP) is 5.96. The third kappa shape index (κ3) is 3.02. The summed E-state index contributed by atoms with van der Waals surface area (Å²) in [6.45, 7) is 4.74. The molecule has 134 valence electrons. The predicted molar refractivity (Wildman–Crippen MR) is 119 cm³/mol. The Labute approximate surface area is 168 Å². The number of halogens is 1. The Hall–Kier alpha value is -2.65. The fourth-order valence-electron chi connectivity index (χ4n) is 3.78. The molecular weight excluding hydrogens is 396 g/mol. The normalized spacial score (nSPS) is 11.1. The van der Waals surface area contributed by atoms with Gasteiger partial charge in [-0.1, -0.05) is 36.9 Å². The van der Waals surface area contributed by atoms with Gasteiger partial charge in [0.1, 0.15) is 0 Å². The molecule has 0 fully saturated rings. The van der Waals surface area contributed by atoms with Gasteiger partial charge in [-0.2, -0.15) is 4.57 Å². The van der Waals surface area contributed by atoms with Crippen molar-refractivity contribution in [3.05, 3.63) is 83.9 Å². The summed E-state index contributed by atoms with van der Waals surface area (Å²) in [5, 5.41) is 2.50. The van der Waals surface area contributed by atoms with Crippen LogP contribution in [0.5, 0.6) is 0 Å². The van der Waals surface area contributed by atoms with Crippen molar-refractivity contribution in [3.8, 4) is 11.1 Å². The van der Waals surface area contributed by atoms with Crippen LogP contribution in [0.2, 0.25) is 0 Å². The average Bonchev–Trinajstić information content (AvgIpc) is 2.67. The fraction of sp³-hybridized carbons (Fsp3) is 0.125. The summed E-state index contributed by atoms with van der Waals surface area (Å²) in [6, 6.07) is 23.9. The molecule has 0 aliphatic rings. The first kappa shape index (κ1) is 17.7. The number of rotatable bonds is 4. The molecule has 0 aliphatic carbocycles. The van der Waals surface area contributed by atoms with Crippen molar-refractivity contribution in [2.45, 2.75) is 6.54 Å². The van der Waals surface area contributed by atoms with Crippen LogP contribution >= 0.6 is 15.9 Å². The summed E-state index contributed by atoms with van der Waals surface area (Å²) in [6.07, 6.45) is 1.96. The molecule has 4 rings (SSSR count). The van der Waals surface area contributed by atoms with E-state index in [0.29, 0.717) is 0 Å². The Balaban J connectivity index is 2.13. The van der Waals surface area contributed by atoms with Gasteiger partial charge in [-0.3, -0.25) is 0 Å². The minimum Gasteiger partial charge on any atom is -0.377 e. The highest BCUT2D eigenvalue weighted by molar-refractivity contribution is 9.10. The summed E-state index contributed by atoms with van der Waals surface area (Å²) >= 11 is 3.75. The quantitative estimate of drug-likeness (QED) is 0.225. The lowest BCUT2D eigenvalue weighted by molar-refractivity contribution is -0.634. The number of anilines is 1. The number of pyridine rings is 1. The number of aromatic nitrogens is 1. The van der Waals surface area contributed by atoms with Gasteiger partial charge in [0.05, 0.1) is 16.5 Å². The maximum absolute atomic E-state index is 3.96. The standard InChI is InChI=1S/C24H22BrN2/c1-4-15-27-21-11-7-5-9-18(21)24(19-10-6-8-12-22(19)27)17-13-14-23(26(2)3)20(25)16-17/h4-14,16H,1,15H2,2-3H3/q+1. The molecule has 0 saturated carbocycles.